The van der Waals surface area contributed by atoms with Gasteiger partial charge in [-0.1, -0.05) is 44.9 Å². The van der Waals surface area contributed by atoms with Gasteiger partial charge in [-0.25, -0.2) is 0 Å². The minimum absolute atomic E-state index is 0.790. The quantitative estimate of drug-likeness (QED) is 0.625. The Hall–Kier alpha value is -1.02. The Morgan fingerprint density at radius 1 is 0.947 bits per heavy atom. The van der Waals surface area contributed by atoms with Crippen molar-refractivity contribution < 1.29 is 4.74 Å². The van der Waals surface area contributed by atoms with Crippen LogP contribution in [0.15, 0.2) is 24.3 Å². The van der Waals surface area contributed by atoms with Crippen LogP contribution in [0.2, 0.25) is 0 Å². The SMILES string of the molecule is CCCCN(CCCC)CCOc1ccccc1C. The van der Waals surface area contributed by atoms with Crippen molar-refractivity contribution in [1.82, 2.24) is 4.90 Å². The molecule has 0 aromatic heterocycles. The van der Waals surface area contributed by atoms with E-state index < -0.39 is 0 Å². The lowest BCUT2D eigenvalue weighted by atomic mass is 10.2. The van der Waals surface area contributed by atoms with Crippen LogP contribution in [0.25, 0.3) is 0 Å². The number of nitrogens with zero attached hydrogens (tertiary/aromatic N) is 1. The van der Waals surface area contributed by atoms with Gasteiger partial charge in [0.15, 0.2) is 0 Å². The zero-order valence-electron chi connectivity index (χ0n) is 12.8. The molecule has 0 fully saturated rings. The van der Waals surface area contributed by atoms with E-state index in [1.807, 2.05) is 6.07 Å². The summed E-state index contributed by atoms with van der Waals surface area (Å²) >= 11 is 0. The standard InChI is InChI=1S/C17H29NO/c1-4-6-12-18(13-7-5-2)14-15-19-17-11-9-8-10-16(17)3/h8-11H,4-7,12-15H2,1-3H3. The Labute approximate surface area is 118 Å². The molecule has 1 aromatic rings. The molecule has 0 spiro atoms. The van der Waals surface area contributed by atoms with Crippen LogP contribution in [0.5, 0.6) is 5.75 Å². The zero-order valence-corrected chi connectivity index (χ0v) is 12.8. The van der Waals surface area contributed by atoms with Gasteiger partial charge in [-0.3, -0.25) is 4.90 Å². The molecule has 19 heavy (non-hydrogen) atoms. The number of hydrogen-bond donors (Lipinski definition) is 0. The molecule has 0 saturated carbocycles. The van der Waals surface area contributed by atoms with E-state index in [1.54, 1.807) is 0 Å². The van der Waals surface area contributed by atoms with Crippen LogP contribution < -0.4 is 4.74 Å². The third-order valence-corrected chi connectivity index (χ3v) is 3.41. The maximum Gasteiger partial charge on any atom is 0.122 e. The summed E-state index contributed by atoms with van der Waals surface area (Å²) in [5.41, 5.74) is 1.22. The maximum atomic E-state index is 5.89. The van der Waals surface area contributed by atoms with Crippen LogP contribution in [-0.2, 0) is 0 Å². The highest BCUT2D eigenvalue weighted by molar-refractivity contribution is 5.31. The van der Waals surface area contributed by atoms with Crippen molar-refractivity contribution in [3.63, 3.8) is 0 Å². The average Bonchev–Trinajstić information content (AvgIpc) is 2.43. The van der Waals surface area contributed by atoms with Crippen molar-refractivity contribution in [2.24, 2.45) is 0 Å². The highest BCUT2D eigenvalue weighted by Gasteiger charge is 2.04. The molecule has 2 nitrogen and oxygen atoms in total. The molecular weight excluding hydrogens is 234 g/mol. The minimum Gasteiger partial charge on any atom is -0.492 e. The summed E-state index contributed by atoms with van der Waals surface area (Å²) in [4.78, 5) is 2.53. The third kappa shape index (κ3) is 6.63. The number of aryl methyl sites for hydroxylation is 1. The molecule has 1 aromatic carbocycles. The van der Waals surface area contributed by atoms with Crippen molar-refractivity contribution in [3.8, 4) is 5.75 Å². The highest BCUT2D eigenvalue weighted by Crippen LogP contribution is 2.15. The number of benzene rings is 1. The van der Waals surface area contributed by atoms with E-state index in [0.717, 1.165) is 18.9 Å². The summed E-state index contributed by atoms with van der Waals surface area (Å²) in [6, 6.07) is 8.24. The average molecular weight is 263 g/mol. The molecule has 0 aliphatic carbocycles. The fourth-order valence-electron chi connectivity index (χ4n) is 2.10. The van der Waals surface area contributed by atoms with Crippen molar-refractivity contribution >= 4 is 0 Å². The normalized spacial score (nSPS) is 10.9. The summed E-state index contributed by atoms with van der Waals surface area (Å²) in [5, 5.41) is 0. The molecular formula is C17H29NO. The van der Waals surface area contributed by atoms with Gasteiger partial charge in [-0.15, -0.1) is 0 Å². The second kappa shape index (κ2) is 9.85. The Kier molecular flexibility index (Phi) is 8.31. The monoisotopic (exact) mass is 263 g/mol. The molecule has 0 radical (unpaired) electrons. The first kappa shape index (κ1) is 16.0. The number of rotatable bonds is 10. The summed E-state index contributed by atoms with van der Waals surface area (Å²) in [6.45, 7) is 10.8. The lowest BCUT2D eigenvalue weighted by Crippen LogP contribution is -2.30. The number of hydrogen-bond acceptors (Lipinski definition) is 2. The van der Waals surface area contributed by atoms with Gasteiger partial charge in [-0.05, 0) is 44.5 Å². The van der Waals surface area contributed by atoms with Gasteiger partial charge < -0.3 is 4.74 Å². The lowest BCUT2D eigenvalue weighted by Gasteiger charge is -2.22. The second-order valence-corrected chi connectivity index (χ2v) is 5.16. The Morgan fingerprint density at radius 2 is 1.58 bits per heavy atom. The lowest BCUT2D eigenvalue weighted by molar-refractivity contribution is 0.204. The Balaban J connectivity index is 2.32. The van der Waals surface area contributed by atoms with Crippen LogP contribution >= 0.6 is 0 Å². The smallest absolute Gasteiger partial charge is 0.122 e. The maximum absolute atomic E-state index is 5.89. The van der Waals surface area contributed by atoms with Gasteiger partial charge in [0.05, 0.1) is 0 Å². The number of ether oxygens (including phenoxy) is 1. The second-order valence-electron chi connectivity index (χ2n) is 5.16. The fraction of sp³-hybridized carbons (Fsp3) is 0.647. The Bertz CT molecular complexity index is 330. The van der Waals surface area contributed by atoms with E-state index in [4.69, 9.17) is 4.74 Å². The van der Waals surface area contributed by atoms with E-state index in [-0.39, 0.29) is 0 Å². The van der Waals surface area contributed by atoms with Crippen molar-refractivity contribution in [2.45, 2.75) is 46.5 Å². The molecule has 0 unspecified atom stereocenters. The fourth-order valence-corrected chi connectivity index (χ4v) is 2.10. The van der Waals surface area contributed by atoms with E-state index >= 15 is 0 Å². The molecule has 0 aliphatic heterocycles. The van der Waals surface area contributed by atoms with Gasteiger partial charge in [0.1, 0.15) is 12.4 Å². The largest absolute Gasteiger partial charge is 0.492 e. The molecule has 0 saturated heterocycles. The highest BCUT2D eigenvalue weighted by atomic mass is 16.5. The van der Waals surface area contributed by atoms with E-state index in [1.165, 1.54) is 44.3 Å². The van der Waals surface area contributed by atoms with Gasteiger partial charge >= 0.3 is 0 Å². The van der Waals surface area contributed by atoms with E-state index in [0.29, 0.717) is 0 Å². The summed E-state index contributed by atoms with van der Waals surface area (Å²) in [5.74, 6) is 1.02. The predicted octanol–water partition coefficient (Wildman–Crippen LogP) is 4.28. The first-order valence-electron chi connectivity index (χ1n) is 7.68. The molecule has 2 heteroatoms. The topological polar surface area (TPSA) is 12.5 Å². The van der Waals surface area contributed by atoms with Gasteiger partial charge in [0.2, 0.25) is 0 Å². The Morgan fingerprint density at radius 3 is 2.16 bits per heavy atom. The molecule has 1 rings (SSSR count). The molecule has 0 N–H and O–H groups in total. The van der Waals surface area contributed by atoms with Crippen molar-refractivity contribution in [3.05, 3.63) is 29.8 Å². The summed E-state index contributed by atoms with van der Waals surface area (Å²) in [7, 11) is 0. The van der Waals surface area contributed by atoms with Gasteiger partial charge in [0.25, 0.3) is 0 Å². The third-order valence-electron chi connectivity index (χ3n) is 3.41. The molecule has 0 bridgehead atoms. The van der Waals surface area contributed by atoms with Crippen molar-refractivity contribution in [1.29, 1.82) is 0 Å². The van der Waals surface area contributed by atoms with Crippen LogP contribution in [0.3, 0.4) is 0 Å². The van der Waals surface area contributed by atoms with E-state index in [2.05, 4.69) is 43.9 Å². The zero-order chi connectivity index (χ0) is 13.9. The minimum atomic E-state index is 0.790. The molecule has 0 heterocycles. The molecule has 0 amide bonds. The summed E-state index contributed by atoms with van der Waals surface area (Å²) < 4.78 is 5.89. The van der Waals surface area contributed by atoms with Crippen LogP contribution in [0.1, 0.15) is 45.1 Å². The molecule has 0 atom stereocenters. The summed E-state index contributed by atoms with van der Waals surface area (Å²) in [6.07, 6.45) is 5.10. The van der Waals surface area contributed by atoms with Crippen LogP contribution in [0, 0.1) is 6.92 Å². The van der Waals surface area contributed by atoms with Crippen LogP contribution in [-0.4, -0.2) is 31.1 Å². The van der Waals surface area contributed by atoms with Gasteiger partial charge in [-0.2, -0.15) is 0 Å². The molecule has 108 valence electrons. The number of unbranched alkanes of at least 4 members (excludes halogenated alkanes) is 2. The van der Waals surface area contributed by atoms with Crippen LogP contribution in [0.4, 0.5) is 0 Å². The predicted molar refractivity (Wildman–Crippen MR) is 82.9 cm³/mol. The van der Waals surface area contributed by atoms with Gasteiger partial charge in [0, 0.05) is 6.54 Å². The van der Waals surface area contributed by atoms with E-state index in [9.17, 15) is 0 Å². The first-order chi connectivity index (χ1) is 9.27. The van der Waals surface area contributed by atoms with Crippen molar-refractivity contribution in [2.75, 3.05) is 26.2 Å². The first-order valence-corrected chi connectivity index (χ1v) is 7.68. The molecule has 0 aliphatic rings. The number of para-hydroxylation sites is 1.